The first-order chi connectivity index (χ1) is 63.0. The number of ether oxygens (including phenoxy) is 8. The van der Waals surface area contributed by atoms with Crippen molar-refractivity contribution < 1.29 is 81.4 Å². The third-order valence-electron chi connectivity index (χ3n) is 18.9. The van der Waals surface area contributed by atoms with E-state index in [2.05, 4.69) is 45.1 Å². The van der Waals surface area contributed by atoms with Gasteiger partial charge in [0, 0.05) is 110 Å². The molecular weight excluding hydrogens is 1860 g/mol. The summed E-state index contributed by atoms with van der Waals surface area (Å²) in [4.78, 5) is 87.2. The van der Waals surface area contributed by atoms with Crippen LogP contribution in [0.1, 0.15) is 79.2 Å². The number of amides is 5. The highest BCUT2D eigenvalue weighted by atomic mass is 79.9. The zero-order chi connectivity index (χ0) is 93.4. The number of aromatic nitrogens is 2. The lowest BCUT2D eigenvalue weighted by atomic mass is 10.0. The zero-order valence-corrected chi connectivity index (χ0v) is 77.9. The van der Waals surface area contributed by atoms with Crippen LogP contribution in [0.15, 0.2) is 223 Å². The summed E-state index contributed by atoms with van der Waals surface area (Å²) in [5, 5.41) is 22.0. The Morgan fingerprint density at radius 3 is 1.11 bits per heavy atom. The molecule has 687 valence electrons. The van der Waals surface area contributed by atoms with Crippen LogP contribution >= 0.6 is 85.5 Å². The Bertz CT molecular complexity index is 5180. The molecule has 10 aromatic rings. The van der Waals surface area contributed by atoms with Crippen molar-refractivity contribution in [2.45, 2.75) is 26.7 Å². The minimum atomic E-state index is -0.980. The number of nitrogens with two attached hydrogens (primary N) is 3. The van der Waals surface area contributed by atoms with Gasteiger partial charge in [0.15, 0.2) is 0 Å². The minimum absolute atomic E-state index is 0.00627. The van der Waals surface area contributed by atoms with E-state index in [0.29, 0.717) is 228 Å². The van der Waals surface area contributed by atoms with Crippen LogP contribution in [-0.4, -0.2) is 233 Å². The van der Waals surface area contributed by atoms with Crippen LogP contribution in [0.3, 0.4) is 0 Å². The molecule has 4 fully saturated rings. The molecule has 8 aromatic carbocycles. The third-order valence-corrected chi connectivity index (χ3v) is 20.6. The standard InChI is InChI=1S/C27H27ClN4O4.C20H22ClNO3.C19H21ClN2O3.C11H13BNO4.C9H10BrClO.C8H8N2O2.CH2Cl2/c28-23-17-21(20-2-1-3-22(16-20)27(34)32-11-14-35-15-12-32)6-7-24(23)36-13-10-30-26(33)9-5-19-4-8-25(29)31-18-19;1-2-10-25-19-7-6-16(14-18(19)21)15-4-3-5-17(13-15)20(23)22-8-11-24-12-9-22;20-17-13-15(4-5-18(17)25-9-6-21)14-2-1-3-16(12-14)19(23)22-7-10-24-11-8-22;14-11(13-4-6-16-7-5-13)9-2-1-3-10(8-9)17-12-15;1-2-5-12-9-4-3-7(10)6-8(9)11;9-7-3-1-6(5-10-7)2-4-8(11)12;2-1-3/h1-9,16-18H,10-15H2,(H2,29,31)(H,30,33);3-7,13-14H,2,8-12H2,1H3;1-5,12-13H,6-11,21H2;1-3,8,15H,4-7H2;3-4,6H,2,5H2,1H3;1-5H,(H2,9,10)(H,11,12);1H2/b9-5+;;;;;4-2+;. The summed E-state index contributed by atoms with van der Waals surface area (Å²) in [5.41, 5.74) is 25.9. The highest BCUT2D eigenvalue weighted by Gasteiger charge is 2.24. The van der Waals surface area contributed by atoms with E-state index in [-0.39, 0.29) is 41.5 Å². The number of carboxylic acid groups (broad SMARTS) is 1. The van der Waals surface area contributed by atoms with Gasteiger partial charge in [-0.15, -0.1) is 23.2 Å². The van der Waals surface area contributed by atoms with Crippen molar-refractivity contribution in [1.29, 1.82) is 0 Å². The Hall–Kier alpha value is -11.0. The van der Waals surface area contributed by atoms with Gasteiger partial charge < -0.3 is 94.8 Å². The molecule has 4 aliphatic rings. The topological polar surface area (TPSA) is 355 Å². The Morgan fingerprint density at radius 1 is 0.446 bits per heavy atom. The number of hydrogen-bond acceptors (Lipinski definition) is 21. The number of carbonyl (C=O) groups is 6. The predicted octanol–water partition coefficient (Wildman–Crippen LogP) is 16.9. The molecule has 0 unspecified atom stereocenters. The first kappa shape index (κ1) is 104. The lowest BCUT2D eigenvalue weighted by Gasteiger charge is -2.27. The van der Waals surface area contributed by atoms with E-state index in [9.17, 15) is 28.8 Å². The van der Waals surface area contributed by atoms with Gasteiger partial charge in [-0.1, -0.05) is 137 Å². The highest BCUT2D eigenvalue weighted by Crippen LogP contribution is 2.35. The number of nitrogens with one attached hydrogen (secondary N) is 1. The maximum atomic E-state index is 12.8. The highest BCUT2D eigenvalue weighted by molar-refractivity contribution is 9.10. The number of morpholine rings is 4. The van der Waals surface area contributed by atoms with Gasteiger partial charge in [0.1, 0.15) is 53.6 Å². The van der Waals surface area contributed by atoms with Gasteiger partial charge >= 0.3 is 13.7 Å². The number of benzene rings is 8. The first-order valence-corrected chi connectivity index (χ1v) is 44.9. The largest absolute Gasteiger partial charge is 0.569 e. The van der Waals surface area contributed by atoms with Crippen molar-refractivity contribution >= 4 is 153 Å². The van der Waals surface area contributed by atoms with Gasteiger partial charge in [0.25, 0.3) is 23.6 Å². The fourth-order valence-corrected chi connectivity index (χ4v) is 13.8. The Labute approximate surface area is 795 Å². The first-order valence-electron chi connectivity index (χ1n) is 41.5. The van der Waals surface area contributed by atoms with E-state index in [0.717, 1.165) is 68.1 Å². The monoisotopic (exact) mass is 1960 g/mol. The molecule has 0 saturated carbocycles. The number of carboxylic acids is 1. The molecule has 0 bridgehead atoms. The molecule has 9 N–H and O–H groups in total. The van der Waals surface area contributed by atoms with Crippen molar-refractivity contribution in [1.82, 2.24) is 34.9 Å². The van der Waals surface area contributed by atoms with Crippen LogP contribution in [0.4, 0.5) is 11.6 Å². The number of halogens is 7. The van der Waals surface area contributed by atoms with Crippen molar-refractivity contribution in [3.63, 3.8) is 0 Å². The molecule has 4 saturated heterocycles. The Balaban J connectivity index is 0.000000199. The van der Waals surface area contributed by atoms with Gasteiger partial charge in [-0.05, 0) is 203 Å². The van der Waals surface area contributed by atoms with Crippen LogP contribution in [0, 0.1) is 0 Å². The lowest BCUT2D eigenvalue weighted by molar-refractivity contribution is -0.131. The van der Waals surface area contributed by atoms with Gasteiger partial charge in [0.05, 0.1) is 98.0 Å². The van der Waals surface area contributed by atoms with Crippen LogP contribution in [0.5, 0.6) is 28.7 Å². The van der Waals surface area contributed by atoms with Crippen LogP contribution in [0.2, 0.25) is 20.1 Å². The number of pyridine rings is 2. The quantitative estimate of drug-likeness (QED) is 0.0127. The number of carbonyl (C=O) groups excluding carboxylic acids is 5. The second-order valence-corrected chi connectivity index (χ2v) is 31.6. The zero-order valence-electron chi connectivity index (χ0n) is 71.8. The molecule has 2 aromatic heterocycles. The maximum Gasteiger partial charge on any atom is 0.569 e. The summed E-state index contributed by atoms with van der Waals surface area (Å²) in [6.45, 7) is 16.5. The molecule has 14 rings (SSSR count). The number of rotatable bonds is 26. The average Bonchev–Trinajstić information content (AvgIpc) is 0.821. The van der Waals surface area contributed by atoms with E-state index in [1.807, 2.05) is 143 Å². The molecule has 0 aliphatic carbocycles. The van der Waals surface area contributed by atoms with Crippen LogP contribution < -0.4 is 46.1 Å². The molecule has 35 heteroatoms. The fraction of sp³-hybridized carbons (Fsp3) is 0.284. The Kier molecular flexibility index (Phi) is 46.5. The van der Waals surface area contributed by atoms with Gasteiger partial charge in [-0.3, -0.25) is 24.0 Å². The molecular formula is C95H103BBrCl6N10O17. The molecule has 0 spiro atoms. The average molecular weight is 1960 g/mol. The summed E-state index contributed by atoms with van der Waals surface area (Å²) in [6.07, 6.45) is 10.6. The predicted molar refractivity (Wildman–Crippen MR) is 516 cm³/mol. The van der Waals surface area contributed by atoms with E-state index in [1.165, 1.54) is 18.3 Å². The number of alkyl halides is 2. The summed E-state index contributed by atoms with van der Waals surface area (Å²) in [6, 6.07) is 58.6. The van der Waals surface area contributed by atoms with Crippen molar-refractivity contribution in [2.75, 3.05) is 162 Å². The van der Waals surface area contributed by atoms with E-state index >= 15 is 0 Å². The second-order valence-electron chi connectivity index (χ2n) is 28.2. The molecule has 5 amide bonds. The Morgan fingerprint density at radius 2 is 0.777 bits per heavy atom. The van der Waals surface area contributed by atoms with Crippen molar-refractivity contribution in [3.8, 4) is 62.1 Å². The number of hydrogen-bond donors (Lipinski definition) is 6. The van der Waals surface area contributed by atoms with Gasteiger partial charge in [-0.25, -0.2) is 14.8 Å². The summed E-state index contributed by atoms with van der Waals surface area (Å²) >= 11 is 37.8. The molecule has 4 aliphatic heterocycles. The molecule has 6 heterocycles. The SMILES string of the molecule is CCCOc1ccc(-c2cccc(C(=O)N3CCOCC3)c2)cc1Cl.CCCOc1ccc(Br)cc1Cl.ClCCl.NCCOc1ccc(-c2cccc(C(=O)N3CCOCC3)c2)cc1Cl.Nc1ccc(/C=C/C(=O)NCCOc2ccc(-c3cccc(C(=O)N4CCOCC4)c3)cc2Cl)cn1.Nc1ccc(/C=C/C(=O)O)cn1.O=C(c1cccc(O[B]O)c1)N1CCOCC1. The van der Waals surface area contributed by atoms with Gasteiger partial charge in [-0.2, -0.15) is 0 Å². The van der Waals surface area contributed by atoms with E-state index < -0.39 is 5.97 Å². The number of nitrogens with zero attached hydrogens (tertiary/aromatic N) is 6. The number of anilines is 2. The number of nitrogen functional groups attached to an aromatic ring is 2. The summed E-state index contributed by atoms with van der Waals surface area (Å²) in [7, 11) is 0.596. The van der Waals surface area contributed by atoms with Crippen molar-refractivity contribution in [2.24, 2.45) is 5.73 Å². The van der Waals surface area contributed by atoms with E-state index in [4.69, 9.17) is 139 Å². The van der Waals surface area contributed by atoms with Crippen LogP contribution in [0.25, 0.3) is 45.5 Å². The van der Waals surface area contributed by atoms with Gasteiger partial charge in [0.2, 0.25) is 5.91 Å². The number of aliphatic carboxylic acids is 1. The molecule has 130 heavy (non-hydrogen) atoms. The molecule has 1 radical (unpaired) electrons. The smallest absolute Gasteiger partial charge is 0.537 e. The third kappa shape index (κ3) is 36.0. The maximum absolute atomic E-state index is 12.8. The molecule has 0 atom stereocenters. The normalized spacial score (nSPS) is 13.3. The lowest BCUT2D eigenvalue weighted by Crippen LogP contribution is -2.40. The minimum Gasteiger partial charge on any atom is -0.537 e. The second kappa shape index (κ2) is 57.9. The summed E-state index contributed by atoms with van der Waals surface area (Å²) < 4.78 is 49.1. The van der Waals surface area contributed by atoms with Crippen LogP contribution in [-0.2, 0) is 28.5 Å². The summed E-state index contributed by atoms with van der Waals surface area (Å²) in [5.74, 6) is 2.63. The fourth-order valence-electron chi connectivity index (χ4n) is 12.4. The molecule has 27 nitrogen and oxygen atoms in total. The van der Waals surface area contributed by atoms with E-state index in [1.54, 1.807) is 82.7 Å². The van der Waals surface area contributed by atoms with Crippen molar-refractivity contribution in [3.05, 3.63) is 277 Å².